The average Bonchev–Trinajstić information content (AvgIpc) is 3.36. The molecule has 1 aromatic carbocycles. The molecule has 1 fully saturated rings. The lowest BCUT2D eigenvalue weighted by Gasteiger charge is -2.30. The third kappa shape index (κ3) is 13.3. The number of anilines is 1. The lowest BCUT2D eigenvalue weighted by atomic mass is 9.85. The fourth-order valence-electron chi connectivity index (χ4n) is 5.71. The topological polar surface area (TPSA) is 206 Å². The van der Waals surface area contributed by atoms with Gasteiger partial charge in [0.2, 0.25) is 43.3 Å². The molecule has 7 amide bonds. The Balaban J connectivity index is 1.93. The van der Waals surface area contributed by atoms with Crippen LogP contribution in [-0.4, -0.2) is 84.1 Å². The van der Waals surface area contributed by atoms with E-state index in [4.69, 9.17) is 30.9 Å². The number of amides is 7. The second-order valence-electron chi connectivity index (χ2n) is 12.8. The van der Waals surface area contributed by atoms with Crippen LogP contribution in [0.15, 0.2) is 24.3 Å². The number of nitrogens with one attached hydrogen (secondary N) is 4. The molecule has 14 nitrogen and oxygen atoms in total. The summed E-state index contributed by atoms with van der Waals surface area (Å²) in [7, 11) is 4.99. The van der Waals surface area contributed by atoms with Crippen LogP contribution in [0.5, 0.6) is 0 Å². The molecule has 0 aliphatic carbocycles. The van der Waals surface area contributed by atoms with Crippen molar-refractivity contribution in [3.05, 3.63) is 29.8 Å². The zero-order valence-electron chi connectivity index (χ0n) is 29.4. The first-order valence-electron chi connectivity index (χ1n) is 17.1. The molecule has 2 radical (unpaired) electrons. The van der Waals surface area contributed by atoms with Crippen molar-refractivity contribution in [2.75, 3.05) is 18.4 Å². The number of carbonyl (C=O) groups excluding carboxylic acids is 7. The van der Waals surface area contributed by atoms with E-state index in [1.54, 1.807) is 38.1 Å². The van der Waals surface area contributed by atoms with E-state index in [1.807, 2.05) is 13.8 Å². The summed E-state index contributed by atoms with van der Waals surface area (Å²) in [5, 5.41) is 10.7. The Morgan fingerprint density at radius 1 is 1.00 bits per heavy atom. The van der Waals surface area contributed by atoms with Crippen molar-refractivity contribution in [2.24, 2.45) is 17.6 Å². The molecule has 0 bridgehead atoms. The molecular weight excluding hydrogens is 663 g/mol. The number of hydrogen-bond donors (Lipinski definition) is 6. The molecule has 0 aromatic heterocycles. The highest BCUT2D eigenvalue weighted by molar-refractivity contribution is 7.81. The molecule has 0 spiro atoms. The Labute approximate surface area is 300 Å². The number of nitrogens with zero attached hydrogens (tertiary/aromatic N) is 1. The summed E-state index contributed by atoms with van der Waals surface area (Å²) in [6.07, 6.45) is 3.80. The number of benzene rings is 1. The molecular formula is C34H51BN6O8S. The van der Waals surface area contributed by atoms with Crippen LogP contribution in [-0.2, 0) is 35.3 Å². The minimum Gasteiger partial charge on any atom is -0.470 e. The Kier molecular flexibility index (Phi) is 17.3. The summed E-state index contributed by atoms with van der Waals surface area (Å²) in [6, 6.07) is 3.83. The molecule has 3 atom stereocenters. The predicted molar refractivity (Wildman–Crippen MR) is 192 cm³/mol. The summed E-state index contributed by atoms with van der Waals surface area (Å²) in [4.78, 5) is 88.3. The van der Waals surface area contributed by atoms with Crippen LogP contribution in [0.3, 0.4) is 0 Å². The number of urea groups is 1. The lowest BCUT2D eigenvalue weighted by molar-refractivity contribution is -0.139. The molecule has 1 aliphatic heterocycles. The number of primary amides is 1. The van der Waals surface area contributed by atoms with Gasteiger partial charge in [0.1, 0.15) is 18.7 Å². The Bertz CT molecular complexity index is 1360. The minimum atomic E-state index is -1.01. The van der Waals surface area contributed by atoms with E-state index >= 15 is 0 Å². The van der Waals surface area contributed by atoms with Gasteiger partial charge in [-0.1, -0.05) is 46.2 Å². The first kappa shape index (κ1) is 42.1. The van der Waals surface area contributed by atoms with E-state index in [0.717, 1.165) is 0 Å². The van der Waals surface area contributed by atoms with Gasteiger partial charge in [0.05, 0.1) is 5.92 Å². The second kappa shape index (κ2) is 20.6. The largest absolute Gasteiger partial charge is 0.470 e. The number of ether oxygens (including phenoxy) is 1. The standard InChI is InChI=1S/C34H51BN6O8S/c1-5-34(50,6-2)24-19-27(43)41(31(24)46)18-9-7-8-12-26(42)40-28(21(3)4)30(45)39-25(11-10-17-37-33(36)48)29(44)38-23-15-13-22(14-16-23)20-49-32(35)47/h13-16,21,24-25,28,50H,5-12,17-20H2,1-4H3,(H,38,44)(H,39,45)(H,40,42)(H3,36,37,48)/t24?,25-,28?/m0/s1. The molecule has 274 valence electrons. The SMILES string of the molecule is [B]C(=O)OCc1ccc(NC(=O)[C@H](CCCNC(N)=O)NC(=O)C(NC(=O)CCCCCN2C(=O)CC(C(S)(CC)CC)C2=O)C(C)C)cc1. The normalized spacial score (nSPS) is 15.7. The summed E-state index contributed by atoms with van der Waals surface area (Å²) in [6.45, 7) is 7.91. The van der Waals surface area contributed by atoms with Crippen LogP contribution in [0.1, 0.15) is 91.0 Å². The Morgan fingerprint density at radius 2 is 1.66 bits per heavy atom. The van der Waals surface area contributed by atoms with Crippen molar-refractivity contribution in [2.45, 2.75) is 109 Å². The van der Waals surface area contributed by atoms with E-state index < -0.39 is 46.5 Å². The first-order chi connectivity index (χ1) is 23.6. The molecule has 2 rings (SSSR count). The minimum absolute atomic E-state index is 0.0338. The summed E-state index contributed by atoms with van der Waals surface area (Å²) < 4.78 is 4.25. The first-order valence-corrected chi connectivity index (χ1v) is 17.6. The molecule has 2 unspecified atom stereocenters. The van der Waals surface area contributed by atoms with E-state index in [2.05, 4.69) is 21.3 Å². The number of thiol groups is 1. The van der Waals surface area contributed by atoms with E-state index in [0.29, 0.717) is 49.8 Å². The number of rotatable bonds is 21. The van der Waals surface area contributed by atoms with Crippen molar-refractivity contribution in [3.63, 3.8) is 0 Å². The number of unbranched alkanes of at least 4 members (excludes halogenated alkanes) is 2. The van der Waals surface area contributed by atoms with Gasteiger partial charge < -0.3 is 31.7 Å². The molecule has 16 heteroatoms. The Hall–Kier alpha value is -4.08. The van der Waals surface area contributed by atoms with Gasteiger partial charge >= 0.3 is 6.03 Å². The lowest BCUT2D eigenvalue weighted by Crippen LogP contribution is -2.54. The Morgan fingerprint density at radius 3 is 2.24 bits per heavy atom. The molecule has 6 N–H and O–H groups in total. The maximum Gasteiger partial charge on any atom is 0.312 e. The van der Waals surface area contributed by atoms with Crippen molar-refractivity contribution >= 4 is 67.6 Å². The third-order valence-electron chi connectivity index (χ3n) is 8.87. The van der Waals surface area contributed by atoms with Crippen molar-refractivity contribution in [3.8, 4) is 0 Å². The summed E-state index contributed by atoms with van der Waals surface area (Å²) in [5.74, 6) is -3.42. The number of imide groups is 1. The monoisotopic (exact) mass is 714 g/mol. The van der Waals surface area contributed by atoms with Crippen LogP contribution in [0.4, 0.5) is 15.3 Å². The van der Waals surface area contributed by atoms with Crippen molar-refractivity contribution in [1.29, 1.82) is 0 Å². The number of likely N-dealkylation sites (tertiary alicyclic amines) is 1. The second-order valence-corrected chi connectivity index (χ2v) is 13.7. The fraction of sp³-hybridized carbons (Fsp3) is 0.618. The summed E-state index contributed by atoms with van der Waals surface area (Å²) >= 11 is 4.72. The van der Waals surface area contributed by atoms with Gasteiger partial charge in [0.25, 0.3) is 0 Å². The number of nitrogens with two attached hydrogens (primary N) is 1. The van der Waals surface area contributed by atoms with Crippen LogP contribution in [0, 0.1) is 11.8 Å². The van der Waals surface area contributed by atoms with Crippen LogP contribution >= 0.6 is 12.6 Å². The van der Waals surface area contributed by atoms with Gasteiger partial charge in [-0.05, 0) is 62.1 Å². The van der Waals surface area contributed by atoms with E-state index in [1.165, 1.54) is 4.90 Å². The van der Waals surface area contributed by atoms with Gasteiger partial charge in [-0.2, -0.15) is 12.6 Å². The number of hydrogen-bond acceptors (Lipinski definition) is 9. The maximum absolute atomic E-state index is 13.4. The van der Waals surface area contributed by atoms with Crippen LogP contribution < -0.4 is 27.0 Å². The van der Waals surface area contributed by atoms with Gasteiger partial charge in [-0.25, -0.2) is 4.79 Å². The molecule has 1 saturated heterocycles. The zero-order valence-corrected chi connectivity index (χ0v) is 30.3. The van der Waals surface area contributed by atoms with Crippen LogP contribution in [0.25, 0.3) is 0 Å². The van der Waals surface area contributed by atoms with Crippen molar-refractivity contribution < 1.29 is 38.3 Å². The zero-order chi connectivity index (χ0) is 37.4. The van der Waals surface area contributed by atoms with Gasteiger partial charge in [-0.3, -0.25) is 33.7 Å². The summed E-state index contributed by atoms with van der Waals surface area (Å²) in [5.41, 5.74) is 6.21. The fourth-order valence-corrected chi connectivity index (χ4v) is 5.91. The van der Waals surface area contributed by atoms with Gasteiger partial charge in [0.15, 0.2) is 0 Å². The van der Waals surface area contributed by atoms with E-state index in [-0.39, 0.29) is 62.6 Å². The molecule has 0 saturated carbocycles. The maximum atomic E-state index is 13.4. The molecule has 1 aromatic rings. The highest BCUT2D eigenvalue weighted by Crippen LogP contribution is 2.39. The molecule has 50 heavy (non-hydrogen) atoms. The average molecular weight is 715 g/mol. The highest BCUT2D eigenvalue weighted by Gasteiger charge is 2.47. The van der Waals surface area contributed by atoms with Crippen LogP contribution in [0.2, 0.25) is 0 Å². The van der Waals surface area contributed by atoms with Crippen molar-refractivity contribution in [1.82, 2.24) is 20.9 Å². The van der Waals surface area contributed by atoms with Gasteiger partial charge in [0, 0.05) is 36.4 Å². The third-order valence-corrected chi connectivity index (χ3v) is 9.82. The number of carbonyl (C=O) groups is 7. The van der Waals surface area contributed by atoms with E-state index in [9.17, 15) is 33.6 Å². The van der Waals surface area contributed by atoms with Gasteiger partial charge in [-0.15, -0.1) is 0 Å². The quantitative estimate of drug-likeness (QED) is 0.0482. The smallest absolute Gasteiger partial charge is 0.312 e. The molecule has 1 aliphatic rings. The molecule has 1 heterocycles. The predicted octanol–water partition coefficient (Wildman–Crippen LogP) is 2.93. The highest BCUT2D eigenvalue weighted by atomic mass is 32.1.